The van der Waals surface area contributed by atoms with Gasteiger partial charge in [0.25, 0.3) is 0 Å². The molecule has 1 fully saturated rings. The van der Waals surface area contributed by atoms with Crippen LogP contribution in [0.1, 0.15) is 25.5 Å². The SMILES string of the molecule is C[C@H](NC(=O)[C@H]1[C@H]2C(=O)N(CC(F)(F)F)C(=O)[C@@H]2C=C[C@H]1C)c1ccc(Cl)cc1. The third-order valence-corrected chi connectivity index (χ3v) is 5.69. The first kappa shape index (κ1) is 21.4. The molecule has 156 valence electrons. The lowest BCUT2D eigenvalue weighted by molar-refractivity contribution is -0.166. The van der Waals surface area contributed by atoms with Gasteiger partial charge in [-0.2, -0.15) is 13.2 Å². The Hall–Kier alpha value is -2.35. The lowest BCUT2D eigenvalue weighted by Crippen LogP contribution is -2.45. The fraction of sp³-hybridized carbons (Fsp3) is 0.450. The molecule has 5 atom stereocenters. The molecule has 2 aliphatic rings. The minimum Gasteiger partial charge on any atom is -0.349 e. The maximum Gasteiger partial charge on any atom is 0.406 e. The van der Waals surface area contributed by atoms with Gasteiger partial charge in [-0.05, 0) is 30.5 Å². The molecule has 1 aromatic rings. The van der Waals surface area contributed by atoms with Gasteiger partial charge in [0.1, 0.15) is 6.54 Å². The molecule has 3 rings (SSSR count). The number of hydrogen-bond acceptors (Lipinski definition) is 3. The van der Waals surface area contributed by atoms with Crippen LogP contribution in [0.3, 0.4) is 0 Å². The Bertz CT molecular complexity index is 854. The Balaban J connectivity index is 1.82. The monoisotopic (exact) mass is 428 g/mol. The number of nitrogens with one attached hydrogen (secondary N) is 1. The van der Waals surface area contributed by atoms with E-state index in [1.807, 2.05) is 0 Å². The summed E-state index contributed by atoms with van der Waals surface area (Å²) in [4.78, 5) is 38.2. The number of fused-ring (bicyclic) bond motifs is 1. The molecule has 1 heterocycles. The number of rotatable bonds is 4. The number of halogens is 4. The summed E-state index contributed by atoms with van der Waals surface area (Å²) in [6, 6.07) is 6.44. The van der Waals surface area contributed by atoms with Crippen LogP contribution in [-0.4, -0.2) is 35.3 Å². The molecule has 0 bridgehead atoms. The number of benzene rings is 1. The van der Waals surface area contributed by atoms with Crippen molar-refractivity contribution in [3.8, 4) is 0 Å². The normalized spacial score (nSPS) is 27.7. The summed E-state index contributed by atoms with van der Waals surface area (Å²) in [5.41, 5.74) is 0.783. The largest absolute Gasteiger partial charge is 0.406 e. The van der Waals surface area contributed by atoms with Crippen molar-refractivity contribution in [3.63, 3.8) is 0 Å². The molecular formula is C20H20ClF3N2O3. The maximum absolute atomic E-state index is 13.0. The zero-order valence-corrected chi connectivity index (χ0v) is 16.5. The Morgan fingerprint density at radius 2 is 1.79 bits per heavy atom. The zero-order valence-electron chi connectivity index (χ0n) is 15.7. The summed E-state index contributed by atoms with van der Waals surface area (Å²) in [7, 11) is 0. The fourth-order valence-corrected chi connectivity index (χ4v) is 4.10. The number of allylic oxidation sites excluding steroid dienone is 1. The van der Waals surface area contributed by atoms with Gasteiger partial charge < -0.3 is 5.32 Å². The van der Waals surface area contributed by atoms with Crippen molar-refractivity contribution in [1.29, 1.82) is 0 Å². The van der Waals surface area contributed by atoms with Crippen LogP contribution in [0.2, 0.25) is 5.02 Å². The zero-order chi connectivity index (χ0) is 21.5. The lowest BCUT2D eigenvalue weighted by Gasteiger charge is -2.32. The van der Waals surface area contributed by atoms with Gasteiger partial charge in [0.15, 0.2) is 0 Å². The molecular weight excluding hydrogens is 409 g/mol. The topological polar surface area (TPSA) is 66.5 Å². The summed E-state index contributed by atoms with van der Waals surface area (Å²) in [5.74, 6) is -5.87. The summed E-state index contributed by atoms with van der Waals surface area (Å²) >= 11 is 5.86. The molecule has 29 heavy (non-hydrogen) atoms. The van der Waals surface area contributed by atoms with E-state index in [0.717, 1.165) is 5.56 Å². The third kappa shape index (κ3) is 4.32. The number of carbonyl (C=O) groups excluding carboxylic acids is 3. The minimum absolute atomic E-state index is 0.223. The third-order valence-electron chi connectivity index (χ3n) is 5.43. The van der Waals surface area contributed by atoms with Crippen molar-refractivity contribution in [2.75, 3.05) is 6.54 Å². The second-order valence-electron chi connectivity index (χ2n) is 7.48. The van der Waals surface area contributed by atoms with E-state index in [1.165, 1.54) is 6.08 Å². The van der Waals surface area contributed by atoms with Crippen LogP contribution in [0, 0.1) is 23.7 Å². The van der Waals surface area contributed by atoms with Crippen molar-refractivity contribution in [3.05, 3.63) is 47.0 Å². The first-order valence-corrected chi connectivity index (χ1v) is 9.53. The van der Waals surface area contributed by atoms with Crippen LogP contribution in [-0.2, 0) is 14.4 Å². The number of amides is 3. The van der Waals surface area contributed by atoms with E-state index in [1.54, 1.807) is 44.2 Å². The highest BCUT2D eigenvalue weighted by Gasteiger charge is 2.56. The molecule has 0 spiro atoms. The average molecular weight is 429 g/mol. The van der Waals surface area contributed by atoms with E-state index in [9.17, 15) is 27.6 Å². The molecule has 1 aliphatic heterocycles. The molecule has 5 nitrogen and oxygen atoms in total. The van der Waals surface area contributed by atoms with Crippen molar-refractivity contribution in [2.24, 2.45) is 23.7 Å². The molecule has 3 amide bonds. The average Bonchev–Trinajstić information content (AvgIpc) is 2.85. The van der Waals surface area contributed by atoms with E-state index in [-0.39, 0.29) is 4.90 Å². The minimum atomic E-state index is -4.70. The van der Waals surface area contributed by atoms with Gasteiger partial charge in [0.05, 0.1) is 23.8 Å². The van der Waals surface area contributed by atoms with Crippen molar-refractivity contribution in [1.82, 2.24) is 10.2 Å². The Morgan fingerprint density at radius 1 is 1.17 bits per heavy atom. The van der Waals surface area contributed by atoms with Crippen molar-refractivity contribution < 1.29 is 27.6 Å². The lowest BCUT2D eigenvalue weighted by atomic mass is 9.71. The first-order valence-electron chi connectivity index (χ1n) is 9.15. The number of alkyl halides is 3. The Labute approximate surface area is 170 Å². The maximum atomic E-state index is 13.0. The molecule has 1 N–H and O–H groups in total. The van der Waals surface area contributed by atoms with Crippen LogP contribution in [0.25, 0.3) is 0 Å². The highest BCUT2D eigenvalue weighted by molar-refractivity contribution is 6.30. The van der Waals surface area contributed by atoms with E-state index in [4.69, 9.17) is 11.6 Å². The molecule has 0 unspecified atom stereocenters. The molecule has 1 aromatic carbocycles. The fourth-order valence-electron chi connectivity index (χ4n) is 3.98. The van der Waals surface area contributed by atoms with Crippen LogP contribution < -0.4 is 5.32 Å². The Morgan fingerprint density at radius 3 is 2.38 bits per heavy atom. The molecule has 1 saturated heterocycles. The predicted molar refractivity (Wildman–Crippen MR) is 99.6 cm³/mol. The van der Waals surface area contributed by atoms with Crippen LogP contribution in [0.4, 0.5) is 13.2 Å². The van der Waals surface area contributed by atoms with Crippen molar-refractivity contribution >= 4 is 29.3 Å². The van der Waals surface area contributed by atoms with Gasteiger partial charge in [0.2, 0.25) is 17.7 Å². The highest BCUT2D eigenvalue weighted by atomic mass is 35.5. The number of nitrogens with zero attached hydrogens (tertiary/aromatic N) is 1. The van der Waals surface area contributed by atoms with E-state index < -0.39 is 60.2 Å². The number of likely N-dealkylation sites (tertiary alicyclic amines) is 1. The highest BCUT2D eigenvalue weighted by Crippen LogP contribution is 2.42. The van der Waals surface area contributed by atoms with Gasteiger partial charge in [-0.15, -0.1) is 0 Å². The van der Waals surface area contributed by atoms with E-state index in [0.29, 0.717) is 5.02 Å². The van der Waals surface area contributed by atoms with Crippen LogP contribution in [0.5, 0.6) is 0 Å². The molecule has 1 aliphatic carbocycles. The van der Waals surface area contributed by atoms with Gasteiger partial charge in [0, 0.05) is 5.02 Å². The van der Waals surface area contributed by atoms with E-state index >= 15 is 0 Å². The second kappa shape index (κ2) is 7.82. The van der Waals surface area contributed by atoms with Gasteiger partial charge in [-0.1, -0.05) is 42.8 Å². The van der Waals surface area contributed by atoms with E-state index in [2.05, 4.69) is 5.32 Å². The molecule has 9 heteroatoms. The van der Waals surface area contributed by atoms with Gasteiger partial charge in [-0.3, -0.25) is 19.3 Å². The summed E-state index contributed by atoms with van der Waals surface area (Å²) in [6.45, 7) is 1.81. The summed E-state index contributed by atoms with van der Waals surface area (Å²) in [5, 5.41) is 3.35. The number of carbonyl (C=O) groups is 3. The standard InChI is InChI=1S/C20H20ClF3N2O3/c1-10-3-8-14-16(19(29)26(18(14)28)9-20(22,23)24)15(10)17(27)25-11(2)12-4-6-13(21)7-5-12/h3-8,10-11,14-16H,9H2,1-2H3,(H,25,27)/t10-,11+,14-,15-,16+/m1/s1. The van der Waals surface area contributed by atoms with Gasteiger partial charge >= 0.3 is 6.18 Å². The van der Waals surface area contributed by atoms with Crippen LogP contribution in [0.15, 0.2) is 36.4 Å². The number of hydrogen-bond donors (Lipinski definition) is 1. The Kier molecular flexibility index (Phi) is 5.76. The van der Waals surface area contributed by atoms with Crippen molar-refractivity contribution in [2.45, 2.75) is 26.1 Å². The summed E-state index contributed by atoms with van der Waals surface area (Å²) < 4.78 is 38.4. The van der Waals surface area contributed by atoms with Crippen LogP contribution >= 0.6 is 11.6 Å². The predicted octanol–water partition coefficient (Wildman–Crippen LogP) is 3.50. The number of imide groups is 1. The molecule has 0 aromatic heterocycles. The quantitative estimate of drug-likeness (QED) is 0.589. The molecule has 0 radical (unpaired) electrons. The molecule has 0 saturated carbocycles. The summed E-state index contributed by atoms with van der Waals surface area (Å²) in [6.07, 6.45) is -1.64. The van der Waals surface area contributed by atoms with Gasteiger partial charge in [-0.25, -0.2) is 0 Å². The smallest absolute Gasteiger partial charge is 0.349 e. The second-order valence-corrected chi connectivity index (χ2v) is 7.92. The first-order chi connectivity index (χ1) is 13.5.